The van der Waals surface area contributed by atoms with E-state index in [0.29, 0.717) is 0 Å². The molecule has 0 unspecified atom stereocenters. The van der Waals surface area contributed by atoms with E-state index in [1.54, 1.807) is 0 Å². The Labute approximate surface area is 172 Å². The van der Waals surface area contributed by atoms with Gasteiger partial charge in [0.05, 0.1) is 11.2 Å². The van der Waals surface area contributed by atoms with Gasteiger partial charge in [-0.2, -0.15) is 0 Å². The SMILES string of the molecule is CCCCc1ccc(-n2c(-c3ccccc3)cc3c4ccccc4ccc32)cc1. The van der Waals surface area contributed by atoms with Crippen molar-refractivity contribution in [3.63, 3.8) is 0 Å². The zero-order valence-electron chi connectivity index (χ0n) is 16.8. The summed E-state index contributed by atoms with van der Waals surface area (Å²) in [4.78, 5) is 0. The monoisotopic (exact) mass is 375 g/mol. The highest BCUT2D eigenvalue weighted by Crippen LogP contribution is 2.35. The van der Waals surface area contributed by atoms with Gasteiger partial charge >= 0.3 is 0 Å². The first-order valence-corrected chi connectivity index (χ1v) is 10.5. The summed E-state index contributed by atoms with van der Waals surface area (Å²) >= 11 is 0. The fourth-order valence-corrected chi connectivity index (χ4v) is 4.25. The maximum atomic E-state index is 2.40. The Hall–Kier alpha value is -3.32. The van der Waals surface area contributed by atoms with E-state index in [9.17, 15) is 0 Å². The molecule has 29 heavy (non-hydrogen) atoms. The van der Waals surface area contributed by atoms with E-state index >= 15 is 0 Å². The standard InChI is InChI=1S/C28H25N/c1-2-3-9-21-14-17-24(18-15-21)29-27-19-16-22-10-7-8-13-25(22)26(27)20-28(29)23-11-5-4-6-12-23/h4-8,10-20H,2-3,9H2,1H3. The molecule has 0 spiro atoms. The van der Waals surface area contributed by atoms with Crippen LogP contribution in [0.4, 0.5) is 0 Å². The Bertz CT molecular complexity index is 1260. The number of aryl methyl sites for hydroxylation is 1. The van der Waals surface area contributed by atoms with Crippen LogP contribution in [-0.4, -0.2) is 4.57 Å². The molecule has 5 aromatic rings. The van der Waals surface area contributed by atoms with E-state index in [0.717, 1.165) is 6.42 Å². The quantitative estimate of drug-likeness (QED) is 0.295. The van der Waals surface area contributed by atoms with Crippen LogP contribution in [0.25, 0.3) is 38.6 Å². The number of fused-ring (bicyclic) bond motifs is 3. The smallest absolute Gasteiger partial charge is 0.0541 e. The van der Waals surface area contributed by atoms with Crippen LogP contribution in [0.2, 0.25) is 0 Å². The third kappa shape index (κ3) is 3.23. The lowest BCUT2D eigenvalue weighted by Gasteiger charge is -2.12. The molecule has 0 saturated heterocycles. The van der Waals surface area contributed by atoms with E-state index in [2.05, 4.69) is 109 Å². The second-order valence-electron chi connectivity index (χ2n) is 7.72. The summed E-state index contributed by atoms with van der Waals surface area (Å²) < 4.78 is 2.40. The second kappa shape index (κ2) is 7.60. The van der Waals surface area contributed by atoms with Gasteiger partial charge < -0.3 is 4.57 Å². The topological polar surface area (TPSA) is 4.93 Å². The Morgan fingerprint density at radius 3 is 2.24 bits per heavy atom. The summed E-state index contributed by atoms with van der Waals surface area (Å²) in [6, 6.07) is 35.3. The van der Waals surface area contributed by atoms with Gasteiger partial charge in [-0.15, -0.1) is 0 Å². The highest BCUT2D eigenvalue weighted by Gasteiger charge is 2.14. The molecule has 0 N–H and O–H groups in total. The minimum atomic E-state index is 1.15. The van der Waals surface area contributed by atoms with Crippen LogP contribution in [0.1, 0.15) is 25.3 Å². The third-order valence-corrected chi connectivity index (χ3v) is 5.79. The molecule has 0 aliphatic rings. The fraction of sp³-hybridized carbons (Fsp3) is 0.143. The molecule has 0 aliphatic heterocycles. The summed E-state index contributed by atoms with van der Waals surface area (Å²) in [5.74, 6) is 0. The number of nitrogens with zero attached hydrogens (tertiary/aromatic N) is 1. The van der Waals surface area contributed by atoms with Gasteiger partial charge in [-0.1, -0.05) is 86.1 Å². The van der Waals surface area contributed by atoms with Crippen molar-refractivity contribution in [3.8, 4) is 16.9 Å². The molecule has 1 heterocycles. The van der Waals surface area contributed by atoms with E-state index in [4.69, 9.17) is 0 Å². The first-order valence-electron chi connectivity index (χ1n) is 10.5. The lowest BCUT2D eigenvalue weighted by atomic mass is 10.1. The predicted octanol–water partition coefficient (Wildman–Crippen LogP) is 7.79. The van der Waals surface area contributed by atoms with Crippen LogP contribution in [-0.2, 0) is 6.42 Å². The molecule has 0 atom stereocenters. The van der Waals surface area contributed by atoms with Crippen LogP contribution in [0, 0.1) is 0 Å². The molecule has 1 aromatic heterocycles. The van der Waals surface area contributed by atoms with Crippen molar-refractivity contribution < 1.29 is 0 Å². The average molecular weight is 376 g/mol. The Balaban J connectivity index is 1.75. The van der Waals surface area contributed by atoms with Gasteiger partial charge in [0.25, 0.3) is 0 Å². The maximum absolute atomic E-state index is 2.40. The summed E-state index contributed by atoms with van der Waals surface area (Å²) in [5, 5.41) is 3.89. The van der Waals surface area contributed by atoms with E-state index in [-0.39, 0.29) is 0 Å². The third-order valence-electron chi connectivity index (χ3n) is 5.79. The van der Waals surface area contributed by atoms with Gasteiger partial charge in [-0.3, -0.25) is 0 Å². The molecule has 0 radical (unpaired) electrons. The molecule has 0 aliphatic carbocycles. The van der Waals surface area contributed by atoms with Crippen LogP contribution >= 0.6 is 0 Å². The number of rotatable bonds is 5. The van der Waals surface area contributed by atoms with Crippen molar-refractivity contribution in [2.75, 3.05) is 0 Å². The molecular weight excluding hydrogens is 350 g/mol. The van der Waals surface area contributed by atoms with Crippen LogP contribution < -0.4 is 0 Å². The Morgan fingerprint density at radius 1 is 0.690 bits per heavy atom. The van der Waals surface area contributed by atoms with Gasteiger partial charge in [-0.25, -0.2) is 0 Å². The molecule has 0 amide bonds. The molecule has 5 rings (SSSR count). The zero-order chi connectivity index (χ0) is 19.6. The van der Waals surface area contributed by atoms with E-state index < -0.39 is 0 Å². The van der Waals surface area contributed by atoms with Crippen molar-refractivity contribution in [2.24, 2.45) is 0 Å². The molecule has 0 fully saturated rings. The molecule has 1 nitrogen and oxygen atoms in total. The number of aromatic nitrogens is 1. The minimum absolute atomic E-state index is 1.15. The molecule has 0 saturated carbocycles. The minimum Gasteiger partial charge on any atom is -0.309 e. The van der Waals surface area contributed by atoms with Gasteiger partial charge in [0.2, 0.25) is 0 Å². The summed E-state index contributed by atoms with van der Waals surface area (Å²) in [6.07, 6.45) is 3.63. The number of hydrogen-bond acceptors (Lipinski definition) is 0. The molecule has 0 bridgehead atoms. The first-order chi connectivity index (χ1) is 14.3. The lowest BCUT2D eigenvalue weighted by molar-refractivity contribution is 0.795. The highest BCUT2D eigenvalue weighted by molar-refractivity contribution is 6.09. The fourth-order valence-electron chi connectivity index (χ4n) is 4.25. The largest absolute Gasteiger partial charge is 0.309 e. The molecule has 1 heteroatoms. The summed E-state index contributed by atoms with van der Waals surface area (Å²) in [5.41, 5.74) is 6.36. The Kier molecular flexibility index (Phi) is 4.65. The van der Waals surface area contributed by atoms with Gasteiger partial charge in [0, 0.05) is 11.1 Å². The summed E-state index contributed by atoms with van der Waals surface area (Å²) in [7, 11) is 0. The van der Waals surface area contributed by atoms with Gasteiger partial charge in [0.1, 0.15) is 0 Å². The van der Waals surface area contributed by atoms with Gasteiger partial charge in [-0.05, 0) is 59.0 Å². The first kappa shape index (κ1) is 17.8. The molecule has 4 aromatic carbocycles. The second-order valence-corrected chi connectivity index (χ2v) is 7.72. The van der Waals surface area contributed by atoms with E-state index in [1.165, 1.54) is 57.0 Å². The molecular formula is C28H25N. The summed E-state index contributed by atoms with van der Waals surface area (Å²) in [6.45, 7) is 2.25. The predicted molar refractivity (Wildman–Crippen MR) is 125 cm³/mol. The van der Waals surface area contributed by atoms with Crippen molar-refractivity contribution >= 4 is 21.7 Å². The lowest BCUT2D eigenvalue weighted by Crippen LogP contribution is -1.97. The van der Waals surface area contributed by atoms with Crippen molar-refractivity contribution in [1.29, 1.82) is 0 Å². The van der Waals surface area contributed by atoms with Crippen molar-refractivity contribution in [1.82, 2.24) is 4.57 Å². The van der Waals surface area contributed by atoms with Gasteiger partial charge in [0.15, 0.2) is 0 Å². The number of unbranched alkanes of at least 4 members (excludes halogenated alkanes) is 1. The van der Waals surface area contributed by atoms with Crippen LogP contribution in [0.15, 0.2) is 97.1 Å². The maximum Gasteiger partial charge on any atom is 0.0541 e. The number of benzene rings is 4. The normalized spacial score (nSPS) is 11.3. The van der Waals surface area contributed by atoms with Crippen LogP contribution in [0.5, 0.6) is 0 Å². The van der Waals surface area contributed by atoms with Crippen LogP contribution in [0.3, 0.4) is 0 Å². The average Bonchev–Trinajstić information content (AvgIpc) is 3.19. The van der Waals surface area contributed by atoms with Crippen molar-refractivity contribution in [2.45, 2.75) is 26.2 Å². The van der Waals surface area contributed by atoms with E-state index in [1.807, 2.05) is 0 Å². The Morgan fingerprint density at radius 2 is 1.45 bits per heavy atom. The molecule has 142 valence electrons. The highest BCUT2D eigenvalue weighted by atomic mass is 15.0. The number of hydrogen-bond donors (Lipinski definition) is 0. The van der Waals surface area contributed by atoms with Crippen molar-refractivity contribution in [3.05, 3.63) is 103 Å². The zero-order valence-corrected chi connectivity index (χ0v) is 16.8.